The van der Waals surface area contributed by atoms with Crippen LogP contribution in [0.2, 0.25) is 6.04 Å². The topological polar surface area (TPSA) is 26.0 Å². The van der Waals surface area contributed by atoms with Crippen LogP contribution in [-0.2, 0) is 6.42 Å². The lowest BCUT2D eigenvalue weighted by Gasteiger charge is -2.06. The summed E-state index contributed by atoms with van der Waals surface area (Å²) in [7, 11) is -0.134. The Morgan fingerprint density at radius 1 is 1.36 bits per heavy atom. The highest BCUT2D eigenvalue weighted by atomic mass is 28.2. The average molecular weight is 211 g/mol. The van der Waals surface area contributed by atoms with Gasteiger partial charge in [0.1, 0.15) is 5.82 Å². The summed E-state index contributed by atoms with van der Waals surface area (Å²) >= 11 is 0. The van der Waals surface area contributed by atoms with Gasteiger partial charge in [-0.15, -0.1) is 0 Å². The van der Waals surface area contributed by atoms with E-state index in [4.69, 9.17) is 5.73 Å². The molecule has 1 aromatic carbocycles. The number of nitrogens with two attached hydrogens (primary N) is 1. The van der Waals surface area contributed by atoms with Crippen molar-refractivity contribution in [1.29, 1.82) is 0 Å². The van der Waals surface area contributed by atoms with Gasteiger partial charge in [0.25, 0.3) is 0 Å². The van der Waals surface area contributed by atoms with Crippen LogP contribution in [0.5, 0.6) is 0 Å². The molecule has 78 valence electrons. The zero-order chi connectivity index (χ0) is 10.4. The third-order valence-electron chi connectivity index (χ3n) is 2.48. The summed E-state index contributed by atoms with van der Waals surface area (Å²) in [4.78, 5) is 0. The van der Waals surface area contributed by atoms with Crippen LogP contribution in [0.15, 0.2) is 24.3 Å². The van der Waals surface area contributed by atoms with Crippen LogP contribution in [-0.4, -0.2) is 15.2 Å². The van der Waals surface area contributed by atoms with Crippen molar-refractivity contribution in [3.8, 4) is 0 Å². The molecule has 0 aromatic heterocycles. The molecule has 0 fully saturated rings. The predicted molar refractivity (Wildman–Crippen MR) is 61.7 cm³/mol. The molecule has 0 saturated heterocycles. The minimum absolute atomic E-state index is 0.134. The Morgan fingerprint density at radius 3 is 2.57 bits per heavy atom. The van der Waals surface area contributed by atoms with Gasteiger partial charge in [-0.05, 0) is 36.2 Å². The number of hydrogen-bond donors (Lipinski definition) is 1. The number of hydrogen-bond acceptors (Lipinski definition) is 1. The number of rotatable bonds is 5. The standard InChI is InChI=1S/C11H18FNSi/c1-2-11(13)14-8-7-9-3-5-10(12)6-4-9/h3-6,11H,2,7-8,13-14H2,1H3. The summed E-state index contributed by atoms with van der Waals surface area (Å²) in [6.07, 6.45) is 2.15. The molecule has 1 nitrogen and oxygen atoms in total. The maximum atomic E-state index is 12.6. The number of benzene rings is 1. The average Bonchev–Trinajstić information content (AvgIpc) is 2.21. The number of halogens is 1. The molecule has 0 aliphatic carbocycles. The lowest BCUT2D eigenvalue weighted by atomic mass is 10.2. The van der Waals surface area contributed by atoms with Crippen molar-refractivity contribution in [2.75, 3.05) is 0 Å². The quantitative estimate of drug-likeness (QED) is 0.736. The molecule has 0 amide bonds. The van der Waals surface area contributed by atoms with Crippen LogP contribution < -0.4 is 5.73 Å². The van der Waals surface area contributed by atoms with Gasteiger partial charge >= 0.3 is 0 Å². The first-order chi connectivity index (χ1) is 6.72. The lowest BCUT2D eigenvalue weighted by molar-refractivity contribution is 0.627. The molecule has 0 radical (unpaired) electrons. The summed E-state index contributed by atoms with van der Waals surface area (Å²) < 4.78 is 12.6. The fourth-order valence-corrected chi connectivity index (χ4v) is 2.97. The largest absolute Gasteiger partial charge is 0.331 e. The Balaban J connectivity index is 2.28. The molecule has 3 heteroatoms. The summed E-state index contributed by atoms with van der Waals surface area (Å²) in [6.45, 7) is 2.13. The second kappa shape index (κ2) is 5.93. The molecular formula is C11H18FNSi. The van der Waals surface area contributed by atoms with Crippen molar-refractivity contribution < 1.29 is 4.39 Å². The van der Waals surface area contributed by atoms with E-state index in [9.17, 15) is 4.39 Å². The van der Waals surface area contributed by atoms with E-state index in [0.29, 0.717) is 5.67 Å². The minimum Gasteiger partial charge on any atom is -0.331 e. The molecule has 1 aromatic rings. The Kier molecular flexibility index (Phi) is 4.83. The molecule has 2 N–H and O–H groups in total. The highest BCUT2D eigenvalue weighted by molar-refractivity contribution is 6.37. The van der Waals surface area contributed by atoms with E-state index in [1.54, 1.807) is 0 Å². The Morgan fingerprint density at radius 2 is 2.00 bits per heavy atom. The van der Waals surface area contributed by atoms with Crippen LogP contribution in [0.3, 0.4) is 0 Å². The highest BCUT2D eigenvalue weighted by Gasteiger charge is 2.00. The van der Waals surface area contributed by atoms with Crippen molar-refractivity contribution >= 4 is 9.52 Å². The van der Waals surface area contributed by atoms with Crippen LogP contribution in [0.4, 0.5) is 4.39 Å². The fraction of sp³-hybridized carbons (Fsp3) is 0.455. The van der Waals surface area contributed by atoms with Crippen LogP contribution in [0.1, 0.15) is 18.9 Å². The smallest absolute Gasteiger partial charge is 0.123 e. The van der Waals surface area contributed by atoms with Crippen molar-refractivity contribution in [3.05, 3.63) is 35.6 Å². The van der Waals surface area contributed by atoms with E-state index in [1.165, 1.54) is 23.7 Å². The fourth-order valence-electron chi connectivity index (χ4n) is 1.42. The highest BCUT2D eigenvalue weighted by Crippen LogP contribution is 2.05. The predicted octanol–water partition coefficient (Wildman–Crippen LogP) is 1.65. The van der Waals surface area contributed by atoms with Gasteiger partial charge in [0.15, 0.2) is 0 Å². The second-order valence-corrected chi connectivity index (χ2v) is 6.02. The van der Waals surface area contributed by atoms with Gasteiger partial charge in [-0.25, -0.2) is 4.39 Å². The van der Waals surface area contributed by atoms with E-state index in [-0.39, 0.29) is 15.3 Å². The van der Waals surface area contributed by atoms with Crippen LogP contribution >= 0.6 is 0 Å². The molecule has 1 unspecified atom stereocenters. The molecule has 0 heterocycles. The van der Waals surface area contributed by atoms with Crippen LogP contribution in [0.25, 0.3) is 0 Å². The maximum Gasteiger partial charge on any atom is 0.123 e. The molecule has 14 heavy (non-hydrogen) atoms. The van der Waals surface area contributed by atoms with Crippen LogP contribution in [0, 0.1) is 5.82 Å². The molecule has 1 atom stereocenters. The van der Waals surface area contributed by atoms with Gasteiger partial charge in [-0.3, -0.25) is 0 Å². The zero-order valence-electron chi connectivity index (χ0n) is 8.67. The molecule has 0 aliphatic heterocycles. The molecule has 0 saturated carbocycles. The van der Waals surface area contributed by atoms with Crippen molar-refractivity contribution in [2.24, 2.45) is 5.73 Å². The van der Waals surface area contributed by atoms with Gasteiger partial charge in [0.05, 0.1) is 0 Å². The van der Waals surface area contributed by atoms with Gasteiger partial charge < -0.3 is 5.73 Å². The monoisotopic (exact) mass is 211 g/mol. The third-order valence-corrected chi connectivity index (χ3v) is 4.56. The SMILES string of the molecule is CCC(N)[SiH2]CCc1ccc(F)cc1. The first kappa shape index (κ1) is 11.4. The van der Waals surface area contributed by atoms with E-state index in [1.807, 2.05) is 12.1 Å². The summed E-state index contributed by atoms with van der Waals surface area (Å²) in [6, 6.07) is 8.00. The maximum absolute atomic E-state index is 12.6. The van der Waals surface area contributed by atoms with Gasteiger partial charge in [0.2, 0.25) is 0 Å². The van der Waals surface area contributed by atoms with Crippen molar-refractivity contribution in [3.63, 3.8) is 0 Å². The van der Waals surface area contributed by atoms with Gasteiger partial charge in [-0.2, -0.15) is 0 Å². The Hall–Kier alpha value is -0.673. The minimum atomic E-state index is -0.156. The van der Waals surface area contributed by atoms with E-state index < -0.39 is 0 Å². The van der Waals surface area contributed by atoms with Crippen molar-refractivity contribution in [2.45, 2.75) is 31.5 Å². The molecule has 0 aliphatic rings. The Labute approximate surface area is 87.3 Å². The normalized spacial score (nSPS) is 13.6. The van der Waals surface area contributed by atoms with E-state index in [0.717, 1.165) is 12.8 Å². The molecule has 0 spiro atoms. The number of aryl methyl sites for hydroxylation is 1. The third kappa shape index (κ3) is 4.02. The zero-order valence-corrected chi connectivity index (χ0v) is 10.1. The molecular weight excluding hydrogens is 193 g/mol. The molecule has 1 rings (SSSR count). The summed E-state index contributed by atoms with van der Waals surface area (Å²) in [5.74, 6) is -0.156. The van der Waals surface area contributed by atoms with E-state index >= 15 is 0 Å². The first-order valence-electron chi connectivity index (χ1n) is 5.22. The summed E-state index contributed by atoms with van der Waals surface area (Å²) in [5, 5.41) is 0. The second-order valence-electron chi connectivity index (χ2n) is 3.69. The van der Waals surface area contributed by atoms with E-state index in [2.05, 4.69) is 6.92 Å². The van der Waals surface area contributed by atoms with Gasteiger partial charge in [-0.1, -0.05) is 25.1 Å². The lowest BCUT2D eigenvalue weighted by Crippen LogP contribution is -2.26. The van der Waals surface area contributed by atoms with Gasteiger partial charge in [0, 0.05) is 9.52 Å². The molecule has 0 bridgehead atoms. The van der Waals surface area contributed by atoms with Crippen molar-refractivity contribution in [1.82, 2.24) is 0 Å². The summed E-state index contributed by atoms with van der Waals surface area (Å²) in [5.41, 5.74) is 7.54. The first-order valence-corrected chi connectivity index (χ1v) is 7.04. The Bertz CT molecular complexity index is 260.